The zero-order chi connectivity index (χ0) is 11.1. The smallest absolute Gasteiger partial charge is 0.0616 e. The molecule has 0 aromatic heterocycles. The molecule has 90 valence electrons. The Morgan fingerprint density at radius 3 is 3.00 bits per heavy atom. The summed E-state index contributed by atoms with van der Waals surface area (Å²) in [4.78, 5) is 2.35. The lowest BCUT2D eigenvalue weighted by atomic mass is 10.0. The summed E-state index contributed by atoms with van der Waals surface area (Å²) >= 11 is 0. The Morgan fingerprint density at radius 1 is 1.60 bits per heavy atom. The Hall–Kier alpha value is -0.160. The molecule has 0 spiro atoms. The summed E-state index contributed by atoms with van der Waals surface area (Å²) in [5.41, 5.74) is 0. The summed E-state index contributed by atoms with van der Waals surface area (Å²) in [7, 11) is 3.87. The summed E-state index contributed by atoms with van der Waals surface area (Å²) in [5.74, 6) is 0. The van der Waals surface area contributed by atoms with Crippen molar-refractivity contribution in [2.75, 3.05) is 40.5 Å². The molecule has 0 aliphatic carbocycles. The van der Waals surface area contributed by atoms with Gasteiger partial charge in [0.2, 0.25) is 0 Å². The van der Waals surface area contributed by atoms with Crippen LogP contribution in [0.2, 0.25) is 0 Å². The van der Waals surface area contributed by atoms with Crippen LogP contribution in [0.15, 0.2) is 0 Å². The molecular weight excluding hydrogens is 192 g/mol. The first kappa shape index (κ1) is 12.9. The Labute approximate surface area is 92.6 Å². The zero-order valence-electron chi connectivity index (χ0n) is 9.91. The van der Waals surface area contributed by atoms with Crippen molar-refractivity contribution in [1.29, 1.82) is 0 Å². The molecule has 0 aromatic carbocycles. The molecule has 0 radical (unpaired) electrons. The van der Waals surface area contributed by atoms with Crippen molar-refractivity contribution in [3.8, 4) is 0 Å². The van der Waals surface area contributed by atoms with E-state index in [1.165, 1.54) is 19.4 Å². The highest BCUT2D eigenvalue weighted by molar-refractivity contribution is 4.80. The molecule has 4 nitrogen and oxygen atoms in total. The van der Waals surface area contributed by atoms with Gasteiger partial charge in [-0.15, -0.1) is 0 Å². The topological polar surface area (TPSA) is 44.7 Å². The molecule has 0 aromatic rings. The monoisotopic (exact) mass is 216 g/mol. The fourth-order valence-electron chi connectivity index (χ4n) is 2.21. The lowest BCUT2D eigenvalue weighted by Gasteiger charge is -2.33. The van der Waals surface area contributed by atoms with Crippen LogP contribution in [0.5, 0.6) is 0 Å². The van der Waals surface area contributed by atoms with Crippen LogP contribution in [0.4, 0.5) is 0 Å². The number of likely N-dealkylation sites (N-methyl/N-ethyl adjacent to an activating group) is 1. The average molecular weight is 216 g/mol. The standard InChI is InChI=1S/C11H24N2O2/c1-13-6-3-4-10(8-13)12-11(5-7-14)9-15-2/h10-12,14H,3-9H2,1-2H3. The molecular formula is C11H24N2O2. The maximum Gasteiger partial charge on any atom is 0.0616 e. The van der Waals surface area contributed by atoms with Crippen LogP contribution < -0.4 is 5.32 Å². The molecule has 1 heterocycles. The van der Waals surface area contributed by atoms with Crippen LogP contribution in [0.1, 0.15) is 19.3 Å². The van der Waals surface area contributed by atoms with E-state index in [9.17, 15) is 0 Å². The van der Waals surface area contributed by atoms with Gasteiger partial charge in [0.1, 0.15) is 0 Å². The number of nitrogens with zero attached hydrogens (tertiary/aromatic N) is 1. The Morgan fingerprint density at radius 2 is 2.40 bits per heavy atom. The van der Waals surface area contributed by atoms with Gasteiger partial charge in [0.05, 0.1) is 6.61 Å². The predicted octanol–water partition coefficient (Wildman–Crippen LogP) is 0.0676. The number of ether oxygens (including phenoxy) is 1. The van der Waals surface area contributed by atoms with Crippen LogP contribution >= 0.6 is 0 Å². The van der Waals surface area contributed by atoms with Crippen molar-refractivity contribution in [2.24, 2.45) is 0 Å². The number of hydrogen-bond acceptors (Lipinski definition) is 4. The summed E-state index contributed by atoms with van der Waals surface area (Å²) in [5, 5.41) is 12.5. The lowest BCUT2D eigenvalue weighted by molar-refractivity contribution is 0.129. The minimum Gasteiger partial charge on any atom is -0.396 e. The number of piperidine rings is 1. The van der Waals surface area contributed by atoms with Gasteiger partial charge in [-0.3, -0.25) is 0 Å². The number of nitrogens with one attached hydrogen (secondary N) is 1. The van der Waals surface area contributed by atoms with Crippen molar-refractivity contribution >= 4 is 0 Å². The van der Waals surface area contributed by atoms with E-state index in [4.69, 9.17) is 9.84 Å². The minimum atomic E-state index is 0.226. The molecule has 1 saturated heterocycles. The van der Waals surface area contributed by atoms with E-state index in [2.05, 4.69) is 17.3 Å². The molecule has 1 rings (SSSR count). The third-order valence-electron chi connectivity index (χ3n) is 2.94. The fraction of sp³-hybridized carbons (Fsp3) is 1.00. The van der Waals surface area contributed by atoms with E-state index in [-0.39, 0.29) is 12.6 Å². The van der Waals surface area contributed by atoms with Gasteiger partial charge >= 0.3 is 0 Å². The maximum absolute atomic E-state index is 8.94. The fourth-order valence-corrected chi connectivity index (χ4v) is 2.21. The van der Waals surface area contributed by atoms with Crippen LogP contribution in [0, 0.1) is 0 Å². The first-order valence-electron chi connectivity index (χ1n) is 5.80. The normalized spacial score (nSPS) is 25.4. The molecule has 0 amide bonds. The van der Waals surface area contributed by atoms with E-state index in [0.29, 0.717) is 12.6 Å². The van der Waals surface area contributed by atoms with Crippen molar-refractivity contribution in [1.82, 2.24) is 10.2 Å². The van der Waals surface area contributed by atoms with Crippen molar-refractivity contribution in [3.05, 3.63) is 0 Å². The van der Waals surface area contributed by atoms with E-state index in [1.807, 2.05) is 0 Å². The average Bonchev–Trinajstić information content (AvgIpc) is 2.18. The van der Waals surface area contributed by atoms with Crippen LogP contribution in [0.3, 0.4) is 0 Å². The van der Waals surface area contributed by atoms with Gasteiger partial charge in [0, 0.05) is 32.3 Å². The molecule has 2 unspecified atom stereocenters. The Kier molecular flexibility index (Phi) is 6.17. The highest BCUT2D eigenvalue weighted by Crippen LogP contribution is 2.09. The highest BCUT2D eigenvalue weighted by Gasteiger charge is 2.19. The van der Waals surface area contributed by atoms with Gasteiger partial charge in [0.15, 0.2) is 0 Å². The molecule has 2 atom stereocenters. The van der Waals surface area contributed by atoms with Crippen molar-refractivity contribution in [3.63, 3.8) is 0 Å². The second kappa shape index (κ2) is 7.17. The van der Waals surface area contributed by atoms with Crippen LogP contribution in [-0.4, -0.2) is 62.6 Å². The second-order valence-electron chi connectivity index (χ2n) is 4.43. The van der Waals surface area contributed by atoms with Crippen molar-refractivity contribution in [2.45, 2.75) is 31.3 Å². The SMILES string of the molecule is COCC(CCO)NC1CCCN(C)C1. The van der Waals surface area contributed by atoms with Gasteiger partial charge in [0.25, 0.3) is 0 Å². The second-order valence-corrected chi connectivity index (χ2v) is 4.43. The van der Waals surface area contributed by atoms with E-state index in [1.54, 1.807) is 7.11 Å². The largest absolute Gasteiger partial charge is 0.396 e. The third kappa shape index (κ3) is 4.93. The van der Waals surface area contributed by atoms with Gasteiger partial charge in [-0.05, 0) is 32.9 Å². The van der Waals surface area contributed by atoms with Gasteiger partial charge < -0.3 is 20.1 Å². The summed E-state index contributed by atoms with van der Waals surface area (Å²) in [6, 6.07) is 0.840. The number of rotatable bonds is 6. The maximum atomic E-state index is 8.94. The van der Waals surface area contributed by atoms with Gasteiger partial charge in [-0.1, -0.05) is 0 Å². The number of aliphatic hydroxyl groups excluding tert-OH is 1. The predicted molar refractivity (Wildman–Crippen MR) is 61.0 cm³/mol. The first-order chi connectivity index (χ1) is 7.26. The number of methoxy groups -OCH3 is 1. The summed E-state index contributed by atoms with van der Waals surface area (Å²) in [6.45, 7) is 3.21. The van der Waals surface area contributed by atoms with Gasteiger partial charge in [-0.25, -0.2) is 0 Å². The molecule has 4 heteroatoms. The molecule has 1 fully saturated rings. The quantitative estimate of drug-likeness (QED) is 0.659. The molecule has 0 saturated carbocycles. The molecule has 1 aliphatic heterocycles. The number of likely N-dealkylation sites (tertiary alicyclic amines) is 1. The molecule has 15 heavy (non-hydrogen) atoms. The van der Waals surface area contributed by atoms with Crippen LogP contribution in [0.25, 0.3) is 0 Å². The lowest BCUT2D eigenvalue weighted by Crippen LogP contribution is -2.49. The number of hydrogen-bond donors (Lipinski definition) is 2. The summed E-state index contributed by atoms with van der Waals surface area (Å²) in [6.07, 6.45) is 3.26. The molecule has 0 bridgehead atoms. The van der Waals surface area contributed by atoms with Crippen LogP contribution in [-0.2, 0) is 4.74 Å². The highest BCUT2D eigenvalue weighted by atomic mass is 16.5. The Bertz CT molecular complexity index is 158. The van der Waals surface area contributed by atoms with E-state index < -0.39 is 0 Å². The molecule has 2 N–H and O–H groups in total. The first-order valence-corrected chi connectivity index (χ1v) is 5.80. The van der Waals surface area contributed by atoms with Gasteiger partial charge in [-0.2, -0.15) is 0 Å². The Balaban J connectivity index is 2.28. The number of aliphatic hydroxyl groups is 1. The minimum absolute atomic E-state index is 0.226. The molecule has 1 aliphatic rings. The van der Waals surface area contributed by atoms with E-state index in [0.717, 1.165) is 13.0 Å². The third-order valence-corrected chi connectivity index (χ3v) is 2.94. The zero-order valence-corrected chi connectivity index (χ0v) is 9.91. The summed E-state index contributed by atoms with van der Waals surface area (Å²) < 4.78 is 5.14. The van der Waals surface area contributed by atoms with E-state index >= 15 is 0 Å². The van der Waals surface area contributed by atoms with Crippen molar-refractivity contribution < 1.29 is 9.84 Å².